The summed E-state index contributed by atoms with van der Waals surface area (Å²) in [6, 6.07) is 10.2. The molecule has 0 amide bonds. The molecular weight excluding hydrogens is 236 g/mol. The number of rotatable bonds is 1. The van der Waals surface area contributed by atoms with Crippen LogP contribution in [0.4, 0.5) is 5.82 Å². The molecule has 0 spiro atoms. The molecule has 1 aromatic carbocycles. The maximum Gasteiger partial charge on any atom is 0.165 e. The summed E-state index contributed by atoms with van der Waals surface area (Å²) in [7, 11) is 0. The van der Waals surface area contributed by atoms with Crippen LogP contribution in [0.5, 0.6) is 0 Å². The third-order valence-electron chi connectivity index (χ3n) is 3.05. The maximum atomic E-state index is 6.05. The summed E-state index contributed by atoms with van der Waals surface area (Å²) in [5.74, 6) is 1.19. The molecule has 19 heavy (non-hydrogen) atoms. The van der Waals surface area contributed by atoms with Crippen LogP contribution in [0.1, 0.15) is 11.4 Å². The Morgan fingerprint density at radius 1 is 1.05 bits per heavy atom. The summed E-state index contributed by atoms with van der Waals surface area (Å²) in [6.45, 7) is 3.90. The Morgan fingerprint density at radius 2 is 1.89 bits per heavy atom. The molecule has 2 aromatic heterocycles. The molecule has 0 atom stereocenters. The molecule has 94 valence electrons. The van der Waals surface area contributed by atoms with E-state index in [1.807, 2.05) is 25.1 Å². The van der Waals surface area contributed by atoms with Gasteiger partial charge in [0.05, 0.1) is 0 Å². The van der Waals surface area contributed by atoms with Crippen molar-refractivity contribution in [1.82, 2.24) is 15.0 Å². The Kier molecular flexibility index (Phi) is 2.63. The molecule has 0 fully saturated rings. The Balaban J connectivity index is 2.24. The predicted octanol–water partition coefficient (Wildman–Crippen LogP) is 2.89. The van der Waals surface area contributed by atoms with Gasteiger partial charge in [0, 0.05) is 17.1 Å². The van der Waals surface area contributed by atoms with Crippen LogP contribution in [0.15, 0.2) is 36.5 Å². The van der Waals surface area contributed by atoms with E-state index < -0.39 is 0 Å². The van der Waals surface area contributed by atoms with Crippen LogP contribution in [0.3, 0.4) is 0 Å². The Hall–Kier alpha value is -2.49. The molecule has 0 aliphatic heterocycles. The van der Waals surface area contributed by atoms with E-state index in [0.717, 1.165) is 16.5 Å². The van der Waals surface area contributed by atoms with Crippen LogP contribution in [0.25, 0.3) is 22.2 Å². The standard InChI is InChI=1S/C15H14N4/c1-9-4-3-5-11(6-9)13-7-12-8-17-10(2)18-15(12)19-14(13)16/h3-8H,1-2H3,(H2,16,17,18,19). The fraction of sp³-hybridized carbons (Fsp3) is 0.133. The van der Waals surface area contributed by atoms with Crippen molar-refractivity contribution in [1.29, 1.82) is 0 Å². The molecule has 2 N–H and O–H groups in total. The normalized spacial score (nSPS) is 10.8. The minimum Gasteiger partial charge on any atom is -0.383 e. The van der Waals surface area contributed by atoms with E-state index in [0.29, 0.717) is 17.3 Å². The highest BCUT2D eigenvalue weighted by atomic mass is 15.0. The largest absolute Gasteiger partial charge is 0.383 e. The van der Waals surface area contributed by atoms with Crippen LogP contribution in [-0.2, 0) is 0 Å². The van der Waals surface area contributed by atoms with Crippen molar-refractivity contribution in [2.45, 2.75) is 13.8 Å². The number of nitrogens with two attached hydrogens (primary N) is 1. The Morgan fingerprint density at radius 3 is 2.68 bits per heavy atom. The van der Waals surface area contributed by atoms with E-state index in [1.54, 1.807) is 6.20 Å². The van der Waals surface area contributed by atoms with Gasteiger partial charge in [-0.25, -0.2) is 15.0 Å². The van der Waals surface area contributed by atoms with Gasteiger partial charge in [-0.3, -0.25) is 0 Å². The summed E-state index contributed by atoms with van der Waals surface area (Å²) in [4.78, 5) is 12.9. The van der Waals surface area contributed by atoms with Gasteiger partial charge in [-0.1, -0.05) is 29.8 Å². The molecule has 2 heterocycles. The molecular formula is C15H14N4. The first kappa shape index (κ1) is 11.6. The smallest absolute Gasteiger partial charge is 0.165 e. The molecule has 0 saturated heterocycles. The second-order valence-electron chi connectivity index (χ2n) is 4.62. The first-order chi connectivity index (χ1) is 9.13. The van der Waals surface area contributed by atoms with Crippen molar-refractivity contribution in [2.24, 2.45) is 0 Å². The highest BCUT2D eigenvalue weighted by molar-refractivity contribution is 5.86. The van der Waals surface area contributed by atoms with Crippen molar-refractivity contribution in [3.8, 4) is 11.1 Å². The molecule has 0 radical (unpaired) electrons. The zero-order chi connectivity index (χ0) is 13.4. The number of aryl methyl sites for hydroxylation is 2. The van der Waals surface area contributed by atoms with Crippen molar-refractivity contribution in [3.63, 3.8) is 0 Å². The molecule has 0 saturated carbocycles. The second-order valence-corrected chi connectivity index (χ2v) is 4.62. The van der Waals surface area contributed by atoms with Gasteiger partial charge in [-0.05, 0) is 25.5 Å². The Labute approximate surface area is 111 Å². The highest BCUT2D eigenvalue weighted by Gasteiger charge is 2.08. The molecule has 0 aliphatic carbocycles. The third kappa shape index (κ3) is 2.12. The summed E-state index contributed by atoms with van der Waals surface area (Å²) >= 11 is 0. The van der Waals surface area contributed by atoms with Crippen molar-refractivity contribution in [2.75, 3.05) is 5.73 Å². The SMILES string of the molecule is Cc1cccc(-c2cc3cnc(C)nc3nc2N)c1. The molecule has 4 heteroatoms. The fourth-order valence-electron chi connectivity index (χ4n) is 2.11. The van der Waals surface area contributed by atoms with Crippen LogP contribution < -0.4 is 5.73 Å². The molecule has 0 unspecified atom stereocenters. The Bertz CT molecular complexity index is 765. The average molecular weight is 250 g/mol. The molecule has 3 aromatic rings. The van der Waals surface area contributed by atoms with Crippen LogP contribution in [0.2, 0.25) is 0 Å². The van der Waals surface area contributed by atoms with E-state index in [4.69, 9.17) is 5.73 Å². The number of benzene rings is 1. The van der Waals surface area contributed by atoms with Crippen molar-refractivity contribution >= 4 is 16.9 Å². The van der Waals surface area contributed by atoms with Crippen molar-refractivity contribution < 1.29 is 0 Å². The highest BCUT2D eigenvalue weighted by Crippen LogP contribution is 2.27. The number of hydrogen-bond acceptors (Lipinski definition) is 4. The molecule has 0 bridgehead atoms. The zero-order valence-corrected chi connectivity index (χ0v) is 10.9. The lowest BCUT2D eigenvalue weighted by atomic mass is 10.0. The molecule has 3 rings (SSSR count). The number of nitrogens with zero attached hydrogens (tertiary/aromatic N) is 3. The van der Waals surface area contributed by atoms with Gasteiger partial charge in [0.25, 0.3) is 0 Å². The number of aromatic nitrogens is 3. The van der Waals surface area contributed by atoms with Gasteiger partial charge < -0.3 is 5.73 Å². The van der Waals surface area contributed by atoms with E-state index >= 15 is 0 Å². The quantitative estimate of drug-likeness (QED) is 0.721. The minimum atomic E-state index is 0.496. The minimum absolute atomic E-state index is 0.496. The van der Waals surface area contributed by atoms with Crippen LogP contribution in [-0.4, -0.2) is 15.0 Å². The first-order valence-electron chi connectivity index (χ1n) is 6.10. The van der Waals surface area contributed by atoms with E-state index in [2.05, 4.69) is 34.0 Å². The number of fused-ring (bicyclic) bond motifs is 1. The monoisotopic (exact) mass is 250 g/mol. The van der Waals surface area contributed by atoms with E-state index in [1.165, 1.54) is 5.56 Å². The lowest BCUT2D eigenvalue weighted by molar-refractivity contribution is 1.07. The first-order valence-corrected chi connectivity index (χ1v) is 6.10. The number of hydrogen-bond donors (Lipinski definition) is 1. The lowest BCUT2D eigenvalue weighted by Crippen LogP contribution is -1.98. The third-order valence-corrected chi connectivity index (χ3v) is 3.05. The topological polar surface area (TPSA) is 64.7 Å². The molecule has 4 nitrogen and oxygen atoms in total. The summed E-state index contributed by atoms with van der Waals surface area (Å²) in [6.07, 6.45) is 1.78. The number of anilines is 1. The van der Waals surface area contributed by atoms with Gasteiger partial charge in [0.2, 0.25) is 0 Å². The predicted molar refractivity (Wildman–Crippen MR) is 76.7 cm³/mol. The number of pyridine rings is 1. The van der Waals surface area contributed by atoms with Crippen molar-refractivity contribution in [3.05, 3.63) is 47.9 Å². The molecule has 0 aliphatic rings. The van der Waals surface area contributed by atoms with Crippen LogP contribution >= 0.6 is 0 Å². The fourth-order valence-corrected chi connectivity index (χ4v) is 2.11. The number of nitrogen functional groups attached to an aromatic ring is 1. The van der Waals surface area contributed by atoms with Gasteiger partial charge in [-0.15, -0.1) is 0 Å². The average Bonchev–Trinajstić information content (AvgIpc) is 2.37. The second kappa shape index (κ2) is 4.31. The zero-order valence-electron chi connectivity index (χ0n) is 10.9. The van der Waals surface area contributed by atoms with Gasteiger partial charge in [0.1, 0.15) is 11.6 Å². The van der Waals surface area contributed by atoms with Crippen LogP contribution in [0, 0.1) is 13.8 Å². The van der Waals surface area contributed by atoms with Gasteiger partial charge in [0.15, 0.2) is 5.65 Å². The summed E-state index contributed by atoms with van der Waals surface area (Å²) in [5, 5.41) is 0.899. The van der Waals surface area contributed by atoms with E-state index in [9.17, 15) is 0 Å². The van der Waals surface area contributed by atoms with E-state index in [-0.39, 0.29) is 0 Å². The maximum absolute atomic E-state index is 6.05. The summed E-state index contributed by atoms with van der Waals surface area (Å²) in [5.41, 5.74) is 9.86. The summed E-state index contributed by atoms with van der Waals surface area (Å²) < 4.78 is 0. The lowest BCUT2D eigenvalue weighted by Gasteiger charge is -2.08. The van der Waals surface area contributed by atoms with Gasteiger partial charge in [-0.2, -0.15) is 0 Å². The van der Waals surface area contributed by atoms with Gasteiger partial charge >= 0.3 is 0 Å².